The number of rotatable bonds is 4. The summed E-state index contributed by atoms with van der Waals surface area (Å²) < 4.78 is 3.65. The molecule has 0 spiro atoms. The molecule has 0 radical (unpaired) electrons. The van der Waals surface area contributed by atoms with Crippen LogP contribution in [-0.2, 0) is 11.3 Å². The summed E-state index contributed by atoms with van der Waals surface area (Å²) in [6, 6.07) is 8.08. The lowest BCUT2D eigenvalue weighted by atomic mass is 10.1. The average molecular weight is 302 g/mol. The highest BCUT2D eigenvalue weighted by Gasteiger charge is 2.22. The van der Waals surface area contributed by atoms with E-state index in [2.05, 4.69) is 10.6 Å². The molecule has 118 valence electrons. The van der Waals surface area contributed by atoms with E-state index >= 15 is 0 Å². The van der Waals surface area contributed by atoms with E-state index in [1.54, 1.807) is 11.6 Å². The molecule has 1 aromatic carbocycles. The minimum absolute atomic E-state index is 0.00277. The van der Waals surface area contributed by atoms with Gasteiger partial charge in [0.1, 0.15) is 0 Å². The van der Waals surface area contributed by atoms with Crippen LogP contribution in [0.1, 0.15) is 25.3 Å². The second kappa shape index (κ2) is 6.36. The van der Waals surface area contributed by atoms with Crippen molar-refractivity contribution in [3.63, 3.8) is 0 Å². The number of benzene rings is 1. The molecule has 0 bridgehead atoms. The van der Waals surface area contributed by atoms with Gasteiger partial charge in [0.25, 0.3) is 0 Å². The molecule has 2 aromatic rings. The number of para-hydroxylation sites is 2. The molecule has 1 fully saturated rings. The zero-order valence-electron chi connectivity index (χ0n) is 12.8. The smallest absolute Gasteiger partial charge is 0.329 e. The number of aromatic nitrogens is 2. The normalized spacial score (nSPS) is 16.0. The molecule has 0 aliphatic carbocycles. The van der Waals surface area contributed by atoms with Gasteiger partial charge in [-0.15, -0.1) is 0 Å². The minimum atomic E-state index is -0.0504. The zero-order chi connectivity index (χ0) is 15.5. The summed E-state index contributed by atoms with van der Waals surface area (Å²) in [5, 5.41) is 5.93. The number of aryl methyl sites for hydroxylation is 1. The summed E-state index contributed by atoms with van der Waals surface area (Å²) in [4.78, 5) is 24.4. The van der Waals surface area contributed by atoms with E-state index < -0.39 is 0 Å². The molecule has 1 aliphatic rings. The molecule has 1 aromatic heterocycles. The van der Waals surface area contributed by atoms with Gasteiger partial charge in [0.2, 0.25) is 5.91 Å². The molecular weight excluding hydrogens is 280 g/mol. The van der Waals surface area contributed by atoms with E-state index in [9.17, 15) is 9.59 Å². The van der Waals surface area contributed by atoms with Gasteiger partial charge in [-0.2, -0.15) is 0 Å². The molecular formula is C16H22N4O2. The van der Waals surface area contributed by atoms with E-state index in [0.29, 0.717) is 13.0 Å². The third kappa shape index (κ3) is 2.66. The lowest BCUT2D eigenvalue weighted by Gasteiger charge is -2.23. The van der Waals surface area contributed by atoms with Gasteiger partial charge in [-0.1, -0.05) is 12.1 Å². The van der Waals surface area contributed by atoms with Crippen molar-refractivity contribution in [2.45, 2.75) is 31.8 Å². The fourth-order valence-electron chi connectivity index (χ4n) is 3.20. The number of nitrogens with zero attached hydrogens (tertiary/aromatic N) is 2. The van der Waals surface area contributed by atoms with Crippen LogP contribution in [-0.4, -0.2) is 35.2 Å². The van der Waals surface area contributed by atoms with Gasteiger partial charge in [0.15, 0.2) is 0 Å². The van der Waals surface area contributed by atoms with Gasteiger partial charge < -0.3 is 10.6 Å². The van der Waals surface area contributed by atoms with Crippen LogP contribution in [0, 0.1) is 0 Å². The molecule has 2 N–H and O–H groups in total. The predicted octanol–water partition coefficient (Wildman–Crippen LogP) is 0.864. The minimum Gasteiger partial charge on any atom is -0.359 e. The van der Waals surface area contributed by atoms with Crippen LogP contribution >= 0.6 is 0 Å². The predicted molar refractivity (Wildman–Crippen MR) is 86.0 cm³/mol. The molecule has 22 heavy (non-hydrogen) atoms. The Balaban J connectivity index is 2.03. The number of imidazole rings is 1. The van der Waals surface area contributed by atoms with E-state index in [1.165, 1.54) is 0 Å². The van der Waals surface area contributed by atoms with Crippen LogP contribution in [0.3, 0.4) is 0 Å². The van der Waals surface area contributed by atoms with Crippen LogP contribution in [0.5, 0.6) is 0 Å². The topological polar surface area (TPSA) is 68.1 Å². The van der Waals surface area contributed by atoms with Gasteiger partial charge >= 0.3 is 5.69 Å². The molecule has 1 amide bonds. The molecule has 1 saturated heterocycles. The maximum atomic E-state index is 12.9. The fraction of sp³-hybridized carbons (Fsp3) is 0.500. The summed E-state index contributed by atoms with van der Waals surface area (Å²) in [6.07, 6.45) is 2.24. The van der Waals surface area contributed by atoms with Crippen molar-refractivity contribution in [1.29, 1.82) is 0 Å². The monoisotopic (exact) mass is 302 g/mol. The van der Waals surface area contributed by atoms with Crippen LogP contribution in [0.25, 0.3) is 11.0 Å². The van der Waals surface area contributed by atoms with Crippen molar-refractivity contribution in [1.82, 2.24) is 19.8 Å². The standard InChI is InChI=1S/C16H22N4O2/c1-17-15(21)8-11-19-13-4-2-3-5-14(13)20(16(19)22)12-6-9-18-10-7-12/h2-5,12,18H,6-11H2,1H3,(H,17,21). The number of carbonyl (C=O) groups is 1. The molecule has 2 heterocycles. The third-order valence-corrected chi connectivity index (χ3v) is 4.38. The van der Waals surface area contributed by atoms with E-state index in [0.717, 1.165) is 37.0 Å². The van der Waals surface area contributed by atoms with Gasteiger partial charge in [-0.05, 0) is 38.1 Å². The Kier molecular flexibility index (Phi) is 4.29. The highest BCUT2D eigenvalue weighted by atomic mass is 16.2. The Bertz CT molecular complexity index is 725. The van der Waals surface area contributed by atoms with Gasteiger partial charge in [0, 0.05) is 26.1 Å². The lowest BCUT2D eigenvalue weighted by molar-refractivity contribution is -0.120. The first kappa shape index (κ1) is 14.8. The zero-order valence-corrected chi connectivity index (χ0v) is 12.8. The molecule has 0 saturated carbocycles. The first-order chi connectivity index (χ1) is 10.7. The summed E-state index contributed by atoms with van der Waals surface area (Å²) in [5.41, 5.74) is 1.88. The Hall–Kier alpha value is -2.08. The second-order valence-corrected chi connectivity index (χ2v) is 5.70. The summed E-state index contributed by atoms with van der Waals surface area (Å²) in [7, 11) is 1.61. The third-order valence-electron chi connectivity index (χ3n) is 4.38. The highest BCUT2D eigenvalue weighted by molar-refractivity contribution is 5.77. The van der Waals surface area contributed by atoms with Crippen LogP contribution in [0.15, 0.2) is 29.1 Å². The second-order valence-electron chi connectivity index (χ2n) is 5.70. The fourth-order valence-corrected chi connectivity index (χ4v) is 3.20. The Morgan fingerprint density at radius 1 is 1.27 bits per heavy atom. The van der Waals surface area contributed by atoms with E-state index in [1.807, 2.05) is 28.8 Å². The maximum Gasteiger partial charge on any atom is 0.329 e. The number of fused-ring (bicyclic) bond motifs is 1. The number of hydrogen-bond acceptors (Lipinski definition) is 3. The Morgan fingerprint density at radius 3 is 2.64 bits per heavy atom. The van der Waals surface area contributed by atoms with Gasteiger partial charge in [-0.25, -0.2) is 4.79 Å². The van der Waals surface area contributed by atoms with Crippen LogP contribution in [0.2, 0.25) is 0 Å². The number of piperidine rings is 1. The Morgan fingerprint density at radius 2 is 1.95 bits per heavy atom. The van der Waals surface area contributed by atoms with Crippen LogP contribution < -0.4 is 16.3 Å². The van der Waals surface area contributed by atoms with Crippen molar-refractivity contribution in [3.05, 3.63) is 34.7 Å². The lowest BCUT2D eigenvalue weighted by Crippen LogP contribution is -2.35. The van der Waals surface area contributed by atoms with E-state index in [-0.39, 0.29) is 17.6 Å². The van der Waals surface area contributed by atoms with Crippen molar-refractivity contribution < 1.29 is 4.79 Å². The average Bonchev–Trinajstić information content (AvgIpc) is 2.85. The quantitative estimate of drug-likeness (QED) is 0.880. The molecule has 6 nitrogen and oxygen atoms in total. The molecule has 3 rings (SSSR count). The highest BCUT2D eigenvalue weighted by Crippen LogP contribution is 2.23. The van der Waals surface area contributed by atoms with Crippen molar-refractivity contribution in [2.24, 2.45) is 0 Å². The number of hydrogen-bond donors (Lipinski definition) is 2. The maximum absolute atomic E-state index is 12.9. The number of carbonyl (C=O) groups excluding carboxylic acids is 1. The first-order valence-corrected chi connectivity index (χ1v) is 7.83. The largest absolute Gasteiger partial charge is 0.359 e. The SMILES string of the molecule is CNC(=O)CCn1c(=O)n(C2CCNCC2)c2ccccc21. The summed E-state index contributed by atoms with van der Waals surface area (Å²) >= 11 is 0. The Labute approximate surface area is 129 Å². The van der Waals surface area contributed by atoms with Crippen molar-refractivity contribution in [2.75, 3.05) is 20.1 Å². The van der Waals surface area contributed by atoms with Crippen molar-refractivity contribution in [3.8, 4) is 0 Å². The summed E-state index contributed by atoms with van der Waals surface area (Å²) in [5.74, 6) is -0.0504. The number of amides is 1. The van der Waals surface area contributed by atoms with Crippen LogP contribution in [0.4, 0.5) is 0 Å². The van der Waals surface area contributed by atoms with Gasteiger partial charge in [0.05, 0.1) is 11.0 Å². The molecule has 0 unspecified atom stereocenters. The first-order valence-electron chi connectivity index (χ1n) is 7.83. The molecule has 6 heteroatoms. The van der Waals surface area contributed by atoms with Crippen molar-refractivity contribution >= 4 is 16.9 Å². The van der Waals surface area contributed by atoms with E-state index in [4.69, 9.17) is 0 Å². The van der Waals surface area contributed by atoms with Gasteiger partial charge in [-0.3, -0.25) is 13.9 Å². The molecule has 0 atom stereocenters. The summed E-state index contributed by atoms with van der Waals surface area (Å²) in [6.45, 7) is 2.29. The molecule has 1 aliphatic heterocycles. The number of nitrogens with one attached hydrogen (secondary N) is 2.